The molecule has 1 aromatic rings. The fourth-order valence-corrected chi connectivity index (χ4v) is 1.53. The minimum absolute atomic E-state index is 0.372. The highest BCUT2D eigenvalue weighted by Gasteiger charge is 2.30. The number of carboxylic acids is 1. The minimum atomic E-state index is -1.99. The van der Waals surface area contributed by atoms with Gasteiger partial charge in [-0.25, -0.2) is 4.79 Å². The van der Waals surface area contributed by atoms with Crippen molar-refractivity contribution in [1.82, 2.24) is 5.32 Å². The highest BCUT2D eigenvalue weighted by molar-refractivity contribution is 6.30. The molecule has 0 saturated carbocycles. The second kappa shape index (κ2) is 5.37. The Hall–Kier alpha value is -1.59. The molecule has 6 heteroatoms. The highest BCUT2D eigenvalue weighted by atomic mass is 35.5. The van der Waals surface area contributed by atoms with Gasteiger partial charge >= 0.3 is 5.97 Å². The molecule has 0 radical (unpaired) electrons. The first-order valence-corrected chi connectivity index (χ1v) is 5.62. The first-order chi connectivity index (χ1) is 8.24. The average Bonchev–Trinajstić information content (AvgIpc) is 2.25. The van der Waals surface area contributed by atoms with Crippen molar-refractivity contribution in [3.63, 3.8) is 0 Å². The molecule has 3 N–H and O–H groups in total. The summed E-state index contributed by atoms with van der Waals surface area (Å²) in [5, 5.41) is 21.0. The first-order valence-electron chi connectivity index (χ1n) is 5.24. The van der Waals surface area contributed by atoms with Crippen molar-refractivity contribution in [1.29, 1.82) is 0 Å². The van der Waals surface area contributed by atoms with Crippen LogP contribution in [0.5, 0.6) is 0 Å². The van der Waals surface area contributed by atoms with E-state index in [1.807, 2.05) is 0 Å². The summed E-state index contributed by atoms with van der Waals surface area (Å²) in [5.74, 6) is -1.85. The molecule has 1 unspecified atom stereocenters. The summed E-state index contributed by atoms with van der Waals surface area (Å²) in [6, 6.07) is 4.74. The number of halogens is 1. The maximum Gasteiger partial charge on any atom is 0.337 e. The maximum atomic E-state index is 11.8. The molecule has 1 aromatic carbocycles. The van der Waals surface area contributed by atoms with Gasteiger partial charge in [-0.1, -0.05) is 11.6 Å². The van der Waals surface area contributed by atoms with Crippen molar-refractivity contribution in [2.24, 2.45) is 0 Å². The first kappa shape index (κ1) is 14.5. The number of carboxylic acid groups (broad SMARTS) is 1. The Bertz CT molecular complexity index is 485. The summed E-state index contributed by atoms with van der Waals surface area (Å²) in [4.78, 5) is 22.5. The normalized spacial score (nSPS) is 13.8. The van der Waals surface area contributed by atoms with Crippen LogP contribution in [0.3, 0.4) is 0 Å². The van der Waals surface area contributed by atoms with E-state index in [1.54, 1.807) is 25.1 Å². The van der Waals surface area contributed by atoms with E-state index in [1.165, 1.54) is 0 Å². The SMILES string of the molecule is Cc1cc(Cl)ccc1C(=O)NCC(C)(O)C(=O)O. The van der Waals surface area contributed by atoms with Crippen molar-refractivity contribution in [2.75, 3.05) is 6.54 Å². The molecular formula is C12H14ClNO4. The van der Waals surface area contributed by atoms with Crippen LogP contribution >= 0.6 is 11.6 Å². The minimum Gasteiger partial charge on any atom is -0.479 e. The number of rotatable bonds is 4. The van der Waals surface area contributed by atoms with Crippen LogP contribution in [0.2, 0.25) is 5.02 Å². The molecule has 98 valence electrons. The van der Waals surface area contributed by atoms with Crippen LogP contribution in [0.4, 0.5) is 0 Å². The summed E-state index contributed by atoms with van der Waals surface area (Å²) in [7, 11) is 0. The number of hydrogen-bond acceptors (Lipinski definition) is 3. The predicted molar refractivity (Wildman–Crippen MR) is 66.8 cm³/mol. The standard InChI is InChI=1S/C12H14ClNO4/c1-7-5-8(13)3-4-9(7)10(15)14-6-12(2,18)11(16)17/h3-5,18H,6H2,1-2H3,(H,14,15)(H,16,17). The van der Waals surface area contributed by atoms with Gasteiger partial charge in [0.25, 0.3) is 5.91 Å². The van der Waals surface area contributed by atoms with E-state index in [0.29, 0.717) is 16.1 Å². The third kappa shape index (κ3) is 3.45. The molecule has 1 amide bonds. The molecule has 0 aliphatic carbocycles. The van der Waals surface area contributed by atoms with Gasteiger partial charge in [0.15, 0.2) is 5.60 Å². The number of benzene rings is 1. The second-order valence-electron chi connectivity index (χ2n) is 4.22. The van der Waals surface area contributed by atoms with Gasteiger partial charge in [0, 0.05) is 10.6 Å². The monoisotopic (exact) mass is 271 g/mol. The van der Waals surface area contributed by atoms with Crippen molar-refractivity contribution < 1.29 is 19.8 Å². The molecule has 0 bridgehead atoms. The Balaban J connectivity index is 2.75. The van der Waals surface area contributed by atoms with E-state index >= 15 is 0 Å². The quantitative estimate of drug-likeness (QED) is 0.768. The number of hydrogen-bond donors (Lipinski definition) is 3. The van der Waals surface area contributed by atoms with Crippen LogP contribution < -0.4 is 5.32 Å². The summed E-state index contributed by atoms with van der Waals surface area (Å²) >= 11 is 5.76. The lowest BCUT2D eigenvalue weighted by Crippen LogP contribution is -2.46. The molecule has 0 aliphatic heterocycles. The summed E-state index contributed by atoms with van der Waals surface area (Å²) in [6.07, 6.45) is 0. The average molecular weight is 272 g/mol. The van der Waals surface area contributed by atoms with E-state index in [9.17, 15) is 14.7 Å². The Kier molecular flexibility index (Phi) is 4.32. The molecule has 0 aromatic heterocycles. The van der Waals surface area contributed by atoms with E-state index in [-0.39, 0.29) is 6.54 Å². The molecule has 0 fully saturated rings. The Morgan fingerprint density at radius 3 is 2.56 bits per heavy atom. The molecule has 18 heavy (non-hydrogen) atoms. The fraction of sp³-hybridized carbons (Fsp3) is 0.333. The van der Waals surface area contributed by atoms with Crippen LogP contribution in [0.1, 0.15) is 22.8 Å². The third-order valence-electron chi connectivity index (χ3n) is 2.49. The zero-order valence-electron chi connectivity index (χ0n) is 10.0. The predicted octanol–water partition coefficient (Wildman–Crippen LogP) is 1.21. The van der Waals surface area contributed by atoms with E-state index in [2.05, 4.69) is 5.32 Å². The fourth-order valence-electron chi connectivity index (χ4n) is 1.31. The number of carbonyl (C=O) groups excluding carboxylic acids is 1. The number of aliphatic hydroxyl groups is 1. The van der Waals surface area contributed by atoms with Gasteiger partial charge in [0.05, 0.1) is 6.54 Å². The Labute approximate surface area is 109 Å². The van der Waals surface area contributed by atoms with Gasteiger partial charge < -0.3 is 15.5 Å². The molecule has 0 aliphatic rings. The molecule has 5 nitrogen and oxygen atoms in total. The zero-order chi connectivity index (χ0) is 13.9. The van der Waals surface area contributed by atoms with Gasteiger partial charge in [-0.3, -0.25) is 4.79 Å². The van der Waals surface area contributed by atoms with Gasteiger partial charge in [0.2, 0.25) is 0 Å². The largest absolute Gasteiger partial charge is 0.479 e. The van der Waals surface area contributed by atoms with Crippen molar-refractivity contribution in [3.05, 3.63) is 34.3 Å². The molecule has 1 rings (SSSR count). The Morgan fingerprint density at radius 2 is 2.06 bits per heavy atom. The number of aryl methyl sites for hydroxylation is 1. The molecule has 1 atom stereocenters. The van der Waals surface area contributed by atoms with Gasteiger partial charge in [-0.05, 0) is 37.6 Å². The van der Waals surface area contributed by atoms with Crippen LogP contribution in [-0.2, 0) is 4.79 Å². The van der Waals surface area contributed by atoms with Gasteiger partial charge in [-0.2, -0.15) is 0 Å². The summed E-state index contributed by atoms with van der Waals surface area (Å²) < 4.78 is 0. The van der Waals surface area contributed by atoms with Gasteiger partial charge in [-0.15, -0.1) is 0 Å². The smallest absolute Gasteiger partial charge is 0.337 e. The van der Waals surface area contributed by atoms with E-state index in [0.717, 1.165) is 6.92 Å². The topological polar surface area (TPSA) is 86.6 Å². The van der Waals surface area contributed by atoms with Gasteiger partial charge in [0.1, 0.15) is 0 Å². The zero-order valence-corrected chi connectivity index (χ0v) is 10.8. The second-order valence-corrected chi connectivity index (χ2v) is 4.66. The van der Waals surface area contributed by atoms with Crippen LogP contribution in [0.15, 0.2) is 18.2 Å². The molecule has 0 saturated heterocycles. The third-order valence-corrected chi connectivity index (χ3v) is 2.72. The lowest BCUT2D eigenvalue weighted by atomic mass is 10.1. The van der Waals surface area contributed by atoms with E-state index in [4.69, 9.17) is 16.7 Å². The Morgan fingerprint density at radius 1 is 1.44 bits per heavy atom. The summed E-state index contributed by atoms with van der Waals surface area (Å²) in [6.45, 7) is 2.46. The molecule has 0 heterocycles. The van der Waals surface area contributed by atoms with E-state index < -0.39 is 17.5 Å². The highest BCUT2D eigenvalue weighted by Crippen LogP contribution is 2.15. The van der Waals surface area contributed by atoms with Crippen LogP contribution in [0, 0.1) is 6.92 Å². The molecular weight excluding hydrogens is 258 g/mol. The maximum absolute atomic E-state index is 11.8. The van der Waals surface area contributed by atoms with Crippen molar-refractivity contribution in [2.45, 2.75) is 19.4 Å². The van der Waals surface area contributed by atoms with Crippen molar-refractivity contribution >= 4 is 23.5 Å². The summed E-state index contributed by atoms with van der Waals surface area (Å²) in [5.41, 5.74) is -0.925. The van der Waals surface area contributed by atoms with Crippen molar-refractivity contribution in [3.8, 4) is 0 Å². The lowest BCUT2D eigenvalue weighted by molar-refractivity contribution is -0.155. The van der Waals surface area contributed by atoms with Crippen LogP contribution in [0.25, 0.3) is 0 Å². The number of nitrogens with one attached hydrogen (secondary N) is 1. The molecule has 0 spiro atoms. The van der Waals surface area contributed by atoms with Crippen LogP contribution in [-0.4, -0.2) is 34.2 Å². The number of amides is 1. The number of aliphatic carboxylic acids is 1. The lowest BCUT2D eigenvalue weighted by Gasteiger charge is -2.18. The number of carbonyl (C=O) groups is 2.